The van der Waals surface area contributed by atoms with Crippen LogP contribution in [-0.4, -0.2) is 43.7 Å². The lowest BCUT2D eigenvalue weighted by Crippen LogP contribution is -2.49. The molecule has 1 saturated heterocycles. The lowest BCUT2D eigenvalue weighted by atomic mass is 9.99. The molecule has 1 aromatic rings. The molecular weight excluding hydrogens is 321 g/mol. The number of hydrogen-bond acceptors (Lipinski definition) is 3. The smallest absolute Gasteiger partial charge is 0.366 e. The van der Waals surface area contributed by atoms with E-state index in [4.69, 9.17) is 4.74 Å². The average molecular weight is 342 g/mol. The molecule has 7 heteroatoms. The van der Waals surface area contributed by atoms with Crippen LogP contribution in [0.5, 0.6) is 0 Å². The number of rotatable bonds is 4. The lowest BCUT2D eigenvalue weighted by molar-refractivity contribution is -0.138. The fourth-order valence-corrected chi connectivity index (χ4v) is 2.99. The highest BCUT2D eigenvalue weighted by molar-refractivity contribution is 5.81. The van der Waals surface area contributed by atoms with Gasteiger partial charge in [-0.3, -0.25) is 4.79 Å². The van der Waals surface area contributed by atoms with Gasteiger partial charge in [0.05, 0.1) is 18.2 Å². The predicted octanol–water partition coefficient (Wildman–Crippen LogP) is 2.60. The van der Waals surface area contributed by atoms with Gasteiger partial charge in [-0.1, -0.05) is 12.1 Å². The first-order valence-electron chi connectivity index (χ1n) is 8.12. The Hall–Kier alpha value is -1.60. The van der Waals surface area contributed by atoms with E-state index < -0.39 is 23.9 Å². The van der Waals surface area contributed by atoms with E-state index >= 15 is 0 Å². The van der Waals surface area contributed by atoms with Crippen LogP contribution >= 0.6 is 0 Å². The van der Waals surface area contributed by atoms with Gasteiger partial charge in [-0.15, -0.1) is 0 Å². The van der Waals surface area contributed by atoms with E-state index in [-0.39, 0.29) is 11.8 Å². The predicted molar refractivity (Wildman–Crippen MR) is 82.3 cm³/mol. The molecule has 4 nitrogen and oxygen atoms in total. The summed E-state index contributed by atoms with van der Waals surface area (Å²) in [5.74, 6) is -0.0605. The molecular formula is C17H21F3N2O2. The highest BCUT2D eigenvalue weighted by Gasteiger charge is 2.37. The molecule has 1 N–H and O–H groups in total. The molecule has 0 spiro atoms. The van der Waals surface area contributed by atoms with Crippen LogP contribution in [-0.2, 0) is 15.7 Å². The fraction of sp³-hybridized carbons (Fsp3) is 0.588. The van der Waals surface area contributed by atoms with Crippen LogP contribution < -0.4 is 5.32 Å². The third-order valence-corrected chi connectivity index (χ3v) is 4.53. The zero-order chi connectivity index (χ0) is 17.3. The number of likely N-dealkylation sites (N-methyl/N-ethyl adjacent to an activating group) is 1. The molecule has 0 unspecified atom stereocenters. The van der Waals surface area contributed by atoms with Gasteiger partial charge in [-0.05, 0) is 43.5 Å². The first kappa shape index (κ1) is 17.2. The third-order valence-electron chi connectivity index (χ3n) is 4.53. The van der Waals surface area contributed by atoms with Crippen molar-refractivity contribution in [2.24, 2.45) is 5.92 Å². The first-order chi connectivity index (χ1) is 11.3. The monoisotopic (exact) mass is 342 g/mol. The molecule has 2 atom stereocenters. The number of benzene rings is 1. The second kappa shape index (κ2) is 6.72. The molecule has 1 aliphatic carbocycles. The largest absolute Gasteiger partial charge is 0.416 e. The summed E-state index contributed by atoms with van der Waals surface area (Å²) < 4.78 is 44.3. The molecule has 24 heavy (non-hydrogen) atoms. The highest BCUT2D eigenvalue weighted by atomic mass is 19.4. The van der Waals surface area contributed by atoms with E-state index in [1.54, 1.807) is 6.07 Å². The number of nitrogens with one attached hydrogen (secondary N) is 1. The van der Waals surface area contributed by atoms with Crippen molar-refractivity contribution < 1.29 is 22.7 Å². The summed E-state index contributed by atoms with van der Waals surface area (Å²) in [6.45, 7) is 1.74. The molecule has 1 aliphatic heterocycles. The molecule has 1 aromatic carbocycles. The summed E-state index contributed by atoms with van der Waals surface area (Å²) in [5, 5.41) is 2.91. The van der Waals surface area contributed by atoms with Crippen LogP contribution in [0, 0.1) is 5.92 Å². The maximum atomic E-state index is 12.9. The van der Waals surface area contributed by atoms with E-state index in [9.17, 15) is 18.0 Å². The van der Waals surface area contributed by atoms with Gasteiger partial charge in [0.2, 0.25) is 0 Å². The molecule has 3 rings (SSSR count). The molecule has 0 aromatic heterocycles. The lowest BCUT2D eigenvalue weighted by Gasteiger charge is -2.30. The van der Waals surface area contributed by atoms with Gasteiger partial charge in [-0.25, -0.2) is 0 Å². The second-order valence-corrected chi connectivity index (χ2v) is 6.57. The molecule has 1 saturated carbocycles. The van der Waals surface area contributed by atoms with Crippen LogP contribution in [0.4, 0.5) is 13.2 Å². The van der Waals surface area contributed by atoms with Crippen LogP contribution in [0.25, 0.3) is 0 Å². The Morgan fingerprint density at radius 3 is 2.75 bits per heavy atom. The molecule has 132 valence electrons. The molecule has 2 fully saturated rings. The minimum Gasteiger partial charge on any atom is -0.366 e. The van der Waals surface area contributed by atoms with Crippen LogP contribution in [0.3, 0.4) is 0 Å². The van der Waals surface area contributed by atoms with Crippen molar-refractivity contribution in [1.29, 1.82) is 0 Å². The number of nitrogens with zero attached hydrogens (tertiary/aromatic N) is 1. The van der Waals surface area contributed by atoms with E-state index in [1.807, 2.05) is 11.9 Å². The maximum Gasteiger partial charge on any atom is 0.416 e. The first-order valence-corrected chi connectivity index (χ1v) is 8.12. The zero-order valence-corrected chi connectivity index (χ0v) is 13.5. The van der Waals surface area contributed by atoms with E-state index in [2.05, 4.69) is 5.32 Å². The van der Waals surface area contributed by atoms with Gasteiger partial charge < -0.3 is 15.0 Å². The Bertz CT molecular complexity index is 602. The van der Waals surface area contributed by atoms with Gasteiger partial charge in [0.25, 0.3) is 5.91 Å². The van der Waals surface area contributed by atoms with Gasteiger partial charge in [0.15, 0.2) is 0 Å². The van der Waals surface area contributed by atoms with Crippen LogP contribution in [0.1, 0.15) is 30.0 Å². The fourth-order valence-electron chi connectivity index (χ4n) is 2.99. The van der Waals surface area contributed by atoms with Gasteiger partial charge in [-0.2, -0.15) is 13.2 Å². The topological polar surface area (TPSA) is 41.6 Å². The summed E-state index contributed by atoms with van der Waals surface area (Å²) in [6, 6.07) is 4.83. The molecule has 0 bridgehead atoms. The SMILES string of the molecule is CN1CCO[C@@H](C(=O)N[C@@H](c2cccc(C(F)(F)F)c2)C2CC2)C1. The van der Waals surface area contributed by atoms with Crippen molar-refractivity contribution in [1.82, 2.24) is 10.2 Å². The van der Waals surface area contributed by atoms with E-state index in [0.29, 0.717) is 18.7 Å². The van der Waals surface area contributed by atoms with Gasteiger partial charge in [0, 0.05) is 13.1 Å². The van der Waals surface area contributed by atoms with Crippen LogP contribution in [0.2, 0.25) is 0 Å². The summed E-state index contributed by atoms with van der Waals surface area (Å²) in [7, 11) is 1.91. The normalized spacial score (nSPS) is 23.8. The Balaban J connectivity index is 1.75. The van der Waals surface area contributed by atoms with Crippen molar-refractivity contribution in [3.05, 3.63) is 35.4 Å². The molecule has 1 heterocycles. The van der Waals surface area contributed by atoms with Gasteiger partial charge >= 0.3 is 6.18 Å². The Morgan fingerprint density at radius 1 is 1.38 bits per heavy atom. The Labute approximate surface area is 139 Å². The maximum absolute atomic E-state index is 12.9. The quantitative estimate of drug-likeness (QED) is 0.915. The highest BCUT2D eigenvalue weighted by Crippen LogP contribution is 2.42. The minimum atomic E-state index is -4.39. The number of alkyl halides is 3. The van der Waals surface area contributed by atoms with Crippen LogP contribution in [0.15, 0.2) is 24.3 Å². The van der Waals surface area contributed by atoms with Gasteiger partial charge in [0.1, 0.15) is 6.10 Å². The van der Waals surface area contributed by atoms with E-state index in [0.717, 1.165) is 31.5 Å². The van der Waals surface area contributed by atoms with E-state index in [1.165, 1.54) is 6.07 Å². The molecule has 0 radical (unpaired) electrons. The van der Waals surface area contributed by atoms with Crippen molar-refractivity contribution in [2.45, 2.75) is 31.2 Å². The van der Waals surface area contributed by atoms with Crippen molar-refractivity contribution >= 4 is 5.91 Å². The molecule has 2 aliphatic rings. The number of amides is 1. The zero-order valence-electron chi connectivity index (χ0n) is 13.5. The number of carbonyl (C=O) groups is 1. The summed E-state index contributed by atoms with van der Waals surface area (Å²) in [4.78, 5) is 14.5. The summed E-state index contributed by atoms with van der Waals surface area (Å²) in [5.41, 5.74) is -0.182. The standard InChI is InChI=1S/C17H21F3N2O2/c1-22-7-8-24-14(10-22)16(23)21-15(11-5-6-11)12-3-2-4-13(9-12)17(18,19)20/h2-4,9,11,14-15H,5-8,10H2,1H3,(H,21,23)/t14-,15-/m1/s1. The Kier molecular flexibility index (Phi) is 4.83. The minimum absolute atomic E-state index is 0.193. The number of hydrogen-bond donors (Lipinski definition) is 1. The Morgan fingerprint density at radius 2 is 2.12 bits per heavy atom. The second-order valence-electron chi connectivity index (χ2n) is 6.57. The number of ether oxygens (including phenoxy) is 1. The number of carbonyl (C=O) groups excluding carboxylic acids is 1. The average Bonchev–Trinajstić information content (AvgIpc) is 3.36. The van der Waals surface area contributed by atoms with Crippen molar-refractivity contribution in [3.8, 4) is 0 Å². The summed E-state index contributed by atoms with van der Waals surface area (Å²) in [6.07, 6.45) is -3.14. The van der Waals surface area contributed by atoms with Crippen molar-refractivity contribution in [2.75, 3.05) is 26.7 Å². The number of morpholine rings is 1. The number of halogens is 3. The molecule has 1 amide bonds. The third kappa shape index (κ3) is 4.08. The summed E-state index contributed by atoms with van der Waals surface area (Å²) >= 11 is 0. The van der Waals surface area contributed by atoms with Crippen molar-refractivity contribution in [3.63, 3.8) is 0 Å².